The molecule has 1 aliphatic heterocycles. The Bertz CT molecular complexity index is 430. The molecule has 4 N–H and O–H groups in total. The van der Waals surface area contributed by atoms with Crippen LogP contribution in [0.15, 0.2) is 0 Å². The van der Waals surface area contributed by atoms with Gasteiger partial charge in [0, 0.05) is 25.0 Å². The van der Waals surface area contributed by atoms with Crippen molar-refractivity contribution in [3.8, 4) is 0 Å². The summed E-state index contributed by atoms with van der Waals surface area (Å²) in [5, 5.41) is 5.66. The lowest BCUT2D eigenvalue weighted by atomic mass is 9.54. The Balaban J connectivity index is 0.00000242. The number of halogens is 1. The molecule has 0 aromatic carbocycles. The minimum Gasteiger partial charge on any atom is -0.378 e. The van der Waals surface area contributed by atoms with Crippen molar-refractivity contribution >= 4 is 24.2 Å². The Morgan fingerprint density at radius 2 is 2.14 bits per heavy atom. The van der Waals surface area contributed by atoms with Crippen LogP contribution in [0.25, 0.3) is 0 Å². The molecule has 0 aromatic heterocycles. The second kappa shape index (κ2) is 7.15. The summed E-state index contributed by atoms with van der Waals surface area (Å²) in [5.74, 6) is -0.353. The zero-order chi connectivity index (χ0) is 15.7. The maximum Gasteiger partial charge on any atom is 0.242 e. The highest BCUT2D eigenvalue weighted by Crippen LogP contribution is 2.49. The van der Waals surface area contributed by atoms with Crippen molar-refractivity contribution in [2.75, 3.05) is 13.2 Å². The van der Waals surface area contributed by atoms with Gasteiger partial charge in [-0.25, -0.2) is 0 Å². The summed E-state index contributed by atoms with van der Waals surface area (Å²) in [6, 6.07) is -0.470. The van der Waals surface area contributed by atoms with E-state index in [0.29, 0.717) is 26.0 Å². The number of hydrogen-bond donors (Lipinski definition) is 3. The second-order valence-corrected chi connectivity index (χ2v) is 6.65. The predicted octanol–water partition coefficient (Wildman–Crippen LogP) is 0.726. The monoisotopic (exact) mass is 333 g/mol. The number of amides is 2. The number of rotatable bonds is 4. The van der Waals surface area contributed by atoms with Gasteiger partial charge >= 0.3 is 0 Å². The van der Waals surface area contributed by atoms with Crippen molar-refractivity contribution in [2.24, 2.45) is 11.1 Å². The lowest BCUT2D eigenvalue weighted by Crippen LogP contribution is -2.76. The normalized spacial score (nSPS) is 33.7. The summed E-state index contributed by atoms with van der Waals surface area (Å²) < 4.78 is 5.63. The molecule has 0 bridgehead atoms. The molecule has 0 radical (unpaired) electrons. The summed E-state index contributed by atoms with van der Waals surface area (Å²) in [6.45, 7) is 7.11. The van der Waals surface area contributed by atoms with Crippen LogP contribution in [0.2, 0.25) is 0 Å². The van der Waals surface area contributed by atoms with E-state index in [2.05, 4.69) is 10.6 Å². The zero-order valence-corrected chi connectivity index (χ0v) is 14.4. The fraction of sp³-hybridized carbons (Fsp3) is 0.867. The first-order valence-corrected chi connectivity index (χ1v) is 7.82. The smallest absolute Gasteiger partial charge is 0.242 e. The molecule has 2 amide bonds. The van der Waals surface area contributed by atoms with Gasteiger partial charge in [0.2, 0.25) is 11.8 Å². The standard InChI is InChI=1S/C15H27N3O3.ClH/c1-4-21-11-9-15(16,14(11,2)3)13(20)18-10-7-5-6-8-17-12(10)19;/h10-11H,4-9,16H2,1-3H3,(H,17,19)(H,18,20);1H. The topological polar surface area (TPSA) is 93.4 Å². The molecule has 22 heavy (non-hydrogen) atoms. The van der Waals surface area contributed by atoms with E-state index in [1.165, 1.54) is 0 Å². The van der Waals surface area contributed by atoms with E-state index >= 15 is 0 Å². The Kier molecular flexibility index (Phi) is 6.24. The van der Waals surface area contributed by atoms with Gasteiger partial charge < -0.3 is 21.1 Å². The average Bonchev–Trinajstić information content (AvgIpc) is 2.63. The third-order valence-corrected chi connectivity index (χ3v) is 5.08. The summed E-state index contributed by atoms with van der Waals surface area (Å²) >= 11 is 0. The van der Waals surface area contributed by atoms with E-state index in [9.17, 15) is 9.59 Å². The minimum atomic E-state index is -0.973. The molecule has 1 saturated heterocycles. The van der Waals surface area contributed by atoms with Crippen LogP contribution in [-0.2, 0) is 14.3 Å². The fourth-order valence-electron chi connectivity index (χ4n) is 3.18. The molecule has 0 aromatic rings. The molecule has 1 saturated carbocycles. The maximum absolute atomic E-state index is 12.6. The van der Waals surface area contributed by atoms with Crippen molar-refractivity contribution < 1.29 is 14.3 Å². The molecule has 7 heteroatoms. The molecule has 1 heterocycles. The molecular weight excluding hydrogens is 306 g/mol. The van der Waals surface area contributed by atoms with Gasteiger partial charge in [0.15, 0.2) is 0 Å². The van der Waals surface area contributed by atoms with Gasteiger partial charge in [0.05, 0.1) is 6.10 Å². The van der Waals surface area contributed by atoms with E-state index in [1.807, 2.05) is 20.8 Å². The van der Waals surface area contributed by atoms with Crippen LogP contribution in [0.3, 0.4) is 0 Å². The average molecular weight is 334 g/mol. The van der Waals surface area contributed by atoms with Crippen LogP contribution in [0.1, 0.15) is 46.5 Å². The Hall–Kier alpha value is -0.850. The lowest BCUT2D eigenvalue weighted by Gasteiger charge is -2.57. The highest BCUT2D eigenvalue weighted by molar-refractivity contribution is 5.93. The Morgan fingerprint density at radius 3 is 2.73 bits per heavy atom. The number of carbonyl (C=O) groups excluding carboxylic acids is 2. The van der Waals surface area contributed by atoms with Crippen LogP contribution < -0.4 is 16.4 Å². The van der Waals surface area contributed by atoms with Crippen molar-refractivity contribution in [3.05, 3.63) is 0 Å². The number of nitrogens with two attached hydrogens (primary N) is 1. The molecule has 128 valence electrons. The zero-order valence-electron chi connectivity index (χ0n) is 13.6. The van der Waals surface area contributed by atoms with Crippen LogP contribution in [0.5, 0.6) is 0 Å². The molecule has 2 fully saturated rings. The van der Waals surface area contributed by atoms with Gasteiger partial charge in [-0.1, -0.05) is 13.8 Å². The highest BCUT2D eigenvalue weighted by Gasteiger charge is 2.63. The largest absolute Gasteiger partial charge is 0.378 e. The van der Waals surface area contributed by atoms with Gasteiger partial charge in [-0.3, -0.25) is 9.59 Å². The van der Waals surface area contributed by atoms with Crippen LogP contribution in [0, 0.1) is 5.41 Å². The lowest BCUT2D eigenvalue weighted by molar-refractivity contribution is -0.171. The third kappa shape index (κ3) is 3.24. The molecule has 6 nitrogen and oxygen atoms in total. The van der Waals surface area contributed by atoms with Crippen LogP contribution >= 0.6 is 12.4 Å². The molecule has 3 atom stereocenters. The number of hydrogen-bond acceptors (Lipinski definition) is 4. The van der Waals surface area contributed by atoms with E-state index in [4.69, 9.17) is 10.5 Å². The highest BCUT2D eigenvalue weighted by atomic mass is 35.5. The quantitative estimate of drug-likeness (QED) is 0.707. The summed E-state index contributed by atoms with van der Waals surface area (Å²) in [5.41, 5.74) is 4.91. The summed E-state index contributed by atoms with van der Waals surface area (Å²) in [4.78, 5) is 24.5. The fourth-order valence-corrected chi connectivity index (χ4v) is 3.18. The SMILES string of the molecule is CCOC1CC(N)(C(=O)NC2CCCCNC2=O)C1(C)C.Cl. The Morgan fingerprint density at radius 1 is 1.45 bits per heavy atom. The molecule has 1 aliphatic carbocycles. The number of nitrogens with one attached hydrogen (secondary N) is 2. The molecule has 2 aliphatic rings. The van der Waals surface area contributed by atoms with Crippen LogP contribution in [0.4, 0.5) is 0 Å². The van der Waals surface area contributed by atoms with Crippen molar-refractivity contribution in [2.45, 2.75) is 64.1 Å². The minimum absolute atomic E-state index is 0. The van der Waals surface area contributed by atoms with Crippen LogP contribution in [-0.4, -0.2) is 42.7 Å². The van der Waals surface area contributed by atoms with Gasteiger partial charge in [-0.15, -0.1) is 12.4 Å². The molecule has 0 spiro atoms. The Labute approximate surface area is 138 Å². The second-order valence-electron chi connectivity index (χ2n) is 6.65. The van der Waals surface area contributed by atoms with E-state index in [1.54, 1.807) is 0 Å². The maximum atomic E-state index is 12.6. The van der Waals surface area contributed by atoms with Crippen molar-refractivity contribution in [3.63, 3.8) is 0 Å². The van der Waals surface area contributed by atoms with E-state index in [0.717, 1.165) is 12.8 Å². The number of ether oxygens (including phenoxy) is 1. The summed E-state index contributed by atoms with van der Waals surface area (Å²) in [7, 11) is 0. The molecule has 3 unspecified atom stereocenters. The van der Waals surface area contributed by atoms with Gasteiger partial charge in [-0.05, 0) is 26.2 Å². The van der Waals surface area contributed by atoms with E-state index in [-0.39, 0.29) is 30.3 Å². The first-order valence-electron chi connectivity index (χ1n) is 7.82. The first-order chi connectivity index (χ1) is 9.83. The summed E-state index contributed by atoms with van der Waals surface area (Å²) in [6.07, 6.45) is 3.02. The first kappa shape index (κ1) is 19.2. The van der Waals surface area contributed by atoms with Gasteiger partial charge in [-0.2, -0.15) is 0 Å². The van der Waals surface area contributed by atoms with Crippen molar-refractivity contribution in [1.82, 2.24) is 10.6 Å². The van der Waals surface area contributed by atoms with E-state index < -0.39 is 17.0 Å². The number of carbonyl (C=O) groups is 2. The van der Waals surface area contributed by atoms with Gasteiger partial charge in [0.1, 0.15) is 11.6 Å². The van der Waals surface area contributed by atoms with Crippen molar-refractivity contribution in [1.29, 1.82) is 0 Å². The molecular formula is C15H28ClN3O3. The molecule has 2 rings (SSSR count). The predicted molar refractivity (Wildman–Crippen MR) is 86.8 cm³/mol. The third-order valence-electron chi connectivity index (χ3n) is 5.08. The van der Waals surface area contributed by atoms with Gasteiger partial charge in [0.25, 0.3) is 0 Å².